The van der Waals surface area contributed by atoms with Gasteiger partial charge in [-0.15, -0.1) is 13.2 Å². The van der Waals surface area contributed by atoms with Crippen LogP contribution in [-0.4, -0.2) is 0 Å². The maximum Gasteiger partial charge on any atom is -0.0263 e. The fraction of sp³-hybridized carbons (Fsp3) is 0.200. The first kappa shape index (κ1) is 13.4. The highest BCUT2D eigenvalue weighted by atomic mass is 13.8. The van der Waals surface area contributed by atoms with E-state index in [1.54, 1.807) is 0 Å². The molecule has 80 valence electrons. The van der Waals surface area contributed by atoms with Crippen LogP contribution in [0.15, 0.2) is 62.2 Å². The van der Waals surface area contributed by atoms with E-state index in [0.29, 0.717) is 0 Å². The van der Waals surface area contributed by atoms with Gasteiger partial charge in [0.25, 0.3) is 0 Å². The minimum absolute atomic E-state index is 1.12. The van der Waals surface area contributed by atoms with Crippen LogP contribution in [0.25, 0.3) is 6.08 Å². The summed E-state index contributed by atoms with van der Waals surface area (Å²) in [6.45, 7) is 10.8. The summed E-state index contributed by atoms with van der Waals surface area (Å²) in [4.78, 5) is 0. The Morgan fingerprint density at radius 2 is 1.40 bits per heavy atom. The summed E-state index contributed by atoms with van der Waals surface area (Å²) in [6, 6.07) is 10.0. The van der Waals surface area contributed by atoms with E-state index >= 15 is 0 Å². The van der Waals surface area contributed by atoms with Gasteiger partial charge in [-0.3, -0.25) is 0 Å². The molecule has 1 aromatic rings. The van der Waals surface area contributed by atoms with Gasteiger partial charge in [0, 0.05) is 0 Å². The van der Waals surface area contributed by atoms with Crippen molar-refractivity contribution in [2.75, 3.05) is 0 Å². The van der Waals surface area contributed by atoms with Crippen LogP contribution in [0.2, 0.25) is 0 Å². The molecule has 0 aliphatic heterocycles. The summed E-state index contributed by atoms with van der Waals surface area (Å²) in [6.07, 6.45) is 9.14. The van der Waals surface area contributed by atoms with E-state index in [4.69, 9.17) is 0 Å². The van der Waals surface area contributed by atoms with Crippen LogP contribution in [0.3, 0.4) is 0 Å². The first-order chi connectivity index (χ1) is 7.35. The van der Waals surface area contributed by atoms with Crippen LogP contribution in [0.4, 0.5) is 0 Å². The fourth-order valence-corrected chi connectivity index (χ4v) is 0.996. The Hall–Kier alpha value is -1.56. The van der Waals surface area contributed by atoms with Gasteiger partial charge in [-0.1, -0.05) is 55.1 Å². The van der Waals surface area contributed by atoms with Crippen molar-refractivity contribution in [3.63, 3.8) is 0 Å². The molecule has 0 nitrogen and oxygen atoms in total. The zero-order chi connectivity index (χ0) is 11.4. The molecule has 0 saturated carbocycles. The monoisotopic (exact) mass is 200 g/mol. The first-order valence-electron chi connectivity index (χ1n) is 5.24. The van der Waals surface area contributed by atoms with Gasteiger partial charge >= 0.3 is 0 Å². The highest BCUT2D eigenvalue weighted by molar-refractivity contribution is 5.45. The van der Waals surface area contributed by atoms with Crippen molar-refractivity contribution >= 4 is 6.08 Å². The van der Waals surface area contributed by atoms with Crippen LogP contribution in [0, 0.1) is 0 Å². The number of benzene rings is 1. The summed E-state index contributed by atoms with van der Waals surface area (Å²) in [5, 5.41) is 0. The zero-order valence-electron chi connectivity index (χ0n) is 9.36. The minimum Gasteiger partial charge on any atom is -0.103 e. The number of rotatable bonds is 5. The summed E-state index contributed by atoms with van der Waals surface area (Å²) >= 11 is 0. The number of hydrogen-bond donors (Lipinski definition) is 0. The Bertz CT molecular complexity index is 261. The molecule has 0 heteroatoms. The third kappa shape index (κ3) is 8.76. The smallest absolute Gasteiger partial charge is 0.0263 e. The third-order valence-corrected chi connectivity index (χ3v) is 1.85. The Morgan fingerprint density at radius 3 is 1.73 bits per heavy atom. The Balaban J connectivity index is 0.000000265. The second kappa shape index (κ2) is 10.5. The van der Waals surface area contributed by atoms with Gasteiger partial charge in [0.05, 0.1) is 0 Å². The van der Waals surface area contributed by atoms with Crippen LogP contribution in [0.1, 0.15) is 24.8 Å². The largest absolute Gasteiger partial charge is 0.103 e. The molecule has 0 spiro atoms. The second-order valence-corrected chi connectivity index (χ2v) is 3.12. The van der Waals surface area contributed by atoms with Gasteiger partial charge in [-0.05, 0) is 24.8 Å². The lowest BCUT2D eigenvalue weighted by Gasteiger charge is -1.85. The predicted molar refractivity (Wildman–Crippen MR) is 70.8 cm³/mol. The van der Waals surface area contributed by atoms with E-state index in [1.165, 1.54) is 12.0 Å². The fourth-order valence-electron chi connectivity index (χ4n) is 0.996. The number of unbranched alkanes of at least 4 members (excludes halogenated alkanes) is 2. The molecule has 0 amide bonds. The molecule has 0 atom stereocenters. The Labute approximate surface area is 93.7 Å². The molecule has 1 rings (SSSR count). The van der Waals surface area contributed by atoms with Crippen molar-refractivity contribution in [2.45, 2.75) is 19.3 Å². The minimum atomic E-state index is 1.12. The van der Waals surface area contributed by atoms with E-state index in [0.717, 1.165) is 12.8 Å². The van der Waals surface area contributed by atoms with Crippen molar-refractivity contribution in [1.82, 2.24) is 0 Å². The van der Waals surface area contributed by atoms with Crippen LogP contribution < -0.4 is 0 Å². The SMILES string of the molecule is C=CCCCC=C.C=Cc1ccccc1. The van der Waals surface area contributed by atoms with Gasteiger partial charge in [0.15, 0.2) is 0 Å². The highest BCUT2D eigenvalue weighted by Crippen LogP contribution is 1.97. The second-order valence-electron chi connectivity index (χ2n) is 3.12. The summed E-state index contributed by atoms with van der Waals surface area (Å²) in [7, 11) is 0. The normalized spacial score (nSPS) is 8.27. The maximum atomic E-state index is 3.63. The Kier molecular flexibility index (Phi) is 9.43. The zero-order valence-corrected chi connectivity index (χ0v) is 9.36. The summed E-state index contributed by atoms with van der Waals surface area (Å²) in [5.41, 5.74) is 1.17. The molecule has 15 heavy (non-hydrogen) atoms. The third-order valence-electron chi connectivity index (χ3n) is 1.85. The predicted octanol–water partition coefficient (Wildman–Crippen LogP) is 4.86. The molecule has 0 aliphatic rings. The van der Waals surface area contributed by atoms with Crippen LogP contribution in [0.5, 0.6) is 0 Å². The maximum absolute atomic E-state index is 3.63. The van der Waals surface area contributed by atoms with Gasteiger partial charge in [0.2, 0.25) is 0 Å². The Morgan fingerprint density at radius 1 is 0.867 bits per heavy atom. The summed E-state index contributed by atoms with van der Waals surface area (Å²) < 4.78 is 0. The standard InChI is InChI=1S/C8H8.C7H12/c1-2-8-6-4-3-5-7-8;1-3-5-7-6-4-2/h2-7H,1H2;3-4H,1-2,5-7H2. The molecule has 0 radical (unpaired) electrons. The molecule has 0 saturated heterocycles. The van der Waals surface area contributed by atoms with E-state index in [9.17, 15) is 0 Å². The average molecular weight is 200 g/mol. The molecule has 0 aromatic heterocycles. The topological polar surface area (TPSA) is 0 Å². The van der Waals surface area contributed by atoms with Crippen molar-refractivity contribution in [3.8, 4) is 0 Å². The van der Waals surface area contributed by atoms with E-state index < -0.39 is 0 Å². The lowest BCUT2D eigenvalue weighted by molar-refractivity contribution is 0.871. The van der Waals surface area contributed by atoms with Gasteiger partial charge in [-0.2, -0.15) is 0 Å². The molecule has 0 unspecified atom stereocenters. The molecule has 0 heterocycles. The first-order valence-corrected chi connectivity index (χ1v) is 5.24. The quantitative estimate of drug-likeness (QED) is 0.470. The lowest BCUT2D eigenvalue weighted by atomic mass is 10.2. The molecular formula is C15H20. The lowest BCUT2D eigenvalue weighted by Crippen LogP contribution is -1.64. The van der Waals surface area contributed by atoms with E-state index in [2.05, 4.69) is 19.7 Å². The molecule has 1 aromatic carbocycles. The van der Waals surface area contributed by atoms with Crippen molar-refractivity contribution in [2.24, 2.45) is 0 Å². The van der Waals surface area contributed by atoms with Gasteiger partial charge < -0.3 is 0 Å². The molecular weight excluding hydrogens is 180 g/mol. The van der Waals surface area contributed by atoms with Gasteiger partial charge in [0.1, 0.15) is 0 Å². The highest BCUT2D eigenvalue weighted by Gasteiger charge is 1.76. The molecule has 0 fully saturated rings. The van der Waals surface area contributed by atoms with Gasteiger partial charge in [-0.25, -0.2) is 0 Å². The van der Waals surface area contributed by atoms with E-state index in [1.807, 2.05) is 48.6 Å². The van der Waals surface area contributed by atoms with Crippen molar-refractivity contribution in [3.05, 3.63) is 67.8 Å². The molecule has 0 N–H and O–H groups in total. The average Bonchev–Trinajstić information content (AvgIpc) is 2.32. The number of allylic oxidation sites excluding steroid dienone is 2. The van der Waals surface area contributed by atoms with Crippen LogP contribution >= 0.6 is 0 Å². The van der Waals surface area contributed by atoms with E-state index in [-0.39, 0.29) is 0 Å². The molecule has 0 aliphatic carbocycles. The van der Waals surface area contributed by atoms with Crippen molar-refractivity contribution in [1.29, 1.82) is 0 Å². The van der Waals surface area contributed by atoms with Crippen molar-refractivity contribution < 1.29 is 0 Å². The summed E-state index contributed by atoms with van der Waals surface area (Å²) in [5.74, 6) is 0. The molecule has 0 bridgehead atoms. The number of hydrogen-bond acceptors (Lipinski definition) is 0. The van der Waals surface area contributed by atoms with Crippen LogP contribution in [-0.2, 0) is 0 Å².